The number of hydrogen-bond acceptors (Lipinski definition) is 2. The first-order valence-electron chi connectivity index (χ1n) is 6.97. The fraction of sp³-hybridized carbons (Fsp3) is 0.333. The molecule has 0 aliphatic heterocycles. The van der Waals surface area contributed by atoms with Crippen molar-refractivity contribution in [1.82, 2.24) is 15.1 Å². The van der Waals surface area contributed by atoms with Gasteiger partial charge in [-0.2, -0.15) is 5.10 Å². The molecule has 2 amide bonds. The van der Waals surface area contributed by atoms with E-state index < -0.39 is 0 Å². The quantitative estimate of drug-likeness (QED) is 0.760. The van der Waals surface area contributed by atoms with E-state index in [0.717, 1.165) is 28.8 Å². The van der Waals surface area contributed by atoms with Gasteiger partial charge in [-0.05, 0) is 54.4 Å². The number of aryl methyl sites for hydroxylation is 2. The van der Waals surface area contributed by atoms with Gasteiger partial charge in [-0.15, -0.1) is 0 Å². The molecule has 7 heteroatoms. The monoisotopic (exact) mass is 384 g/mol. The van der Waals surface area contributed by atoms with Crippen molar-refractivity contribution in [2.24, 2.45) is 0 Å². The van der Waals surface area contributed by atoms with Gasteiger partial charge >= 0.3 is 6.03 Å². The second kappa shape index (κ2) is 7.65. The summed E-state index contributed by atoms with van der Waals surface area (Å²) in [5.74, 6) is 0. The van der Waals surface area contributed by atoms with Gasteiger partial charge in [0.05, 0.1) is 10.2 Å². The molecule has 118 valence electrons. The Morgan fingerprint density at radius 3 is 2.82 bits per heavy atom. The van der Waals surface area contributed by atoms with Gasteiger partial charge < -0.3 is 10.6 Å². The summed E-state index contributed by atoms with van der Waals surface area (Å²) in [5, 5.41) is 10.6. The Kier molecular flexibility index (Phi) is 5.85. The number of rotatable bonds is 5. The maximum Gasteiger partial charge on any atom is 0.319 e. The Balaban J connectivity index is 1.74. The first kappa shape index (κ1) is 16.8. The van der Waals surface area contributed by atoms with E-state index in [-0.39, 0.29) is 6.03 Å². The minimum atomic E-state index is -0.239. The van der Waals surface area contributed by atoms with Crippen LogP contribution in [0.5, 0.6) is 0 Å². The first-order chi connectivity index (χ1) is 10.5. The average molecular weight is 386 g/mol. The molecular formula is C15H18BrClN4O. The highest BCUT2D eigenvalue weighted by Gasteiger charge is 2.08. The highest BCUT2D eigenvalue weighted by Crippen LogP contribution is 2.19. The summed E-state index contributed by atoms with van der Waals surface area (Å²) in [7, 11) is 0. The summed E-state index contributed by atoms with van der Waals surface area (Å²) in [6, 6.07) is 6.81. The molecule has 0 saturated carbocycles. The zero-order chi connectivity index (χ0) is 16.1. The molecule has 2 N–H and O–H groups in total. The van der Waals surface area contributed by atoms with E-state index in [1.54, 1.807) is 24.3 Å². The number of hydrogen-bond donors (Lipinski definition) is 2. The summed E-state index contributed by atoms with van der Waals surface area (Å²) < 4.78 is 2.98. The van der Waals surface area contributed by atoms with Crippen LogP contribution in [0, 0.1) is 13.8 Å². The number of anilines is 1. The van der Waals surface area contributed by atoms with Gasteiger partial charge in [0.15, 0.2) is 0 Å². The Bertz CT molecular complexity index is 672. The number of carbonyl (C=O) groups is 1. The van der Waals surface area contributed by atoms with E-state index in [0.29, 0.717) is 17.3 Å². The number of carbonyl (C=O) groups excluding carboxylic acids is 1. The van der Waals surface area contributed by atoms with Gasteiger partial charge in [0.2, 0.25) is 0 Å². The number of amides is 2. The van der Waals surface area contributed by atoms with Gasteiger partial charge in [-0.25, -0.2) is 4.79 Å². The normalized spacial score (nSPS) is 10.5. The van der Waals surface area contributed by atoms with E-state index in [4.69, 9.17) is 11.6 Å². The topological polar surface area (TPSA) is 59.0 Å². The molecular weight excluding hydrogens is 368 g/mol. The predicted molar refractivity (Wildman–Crippen MR) is 92.5 cm³/mol. The molecule has 1 aromatic heterocycles. The first-order valence-corrected chi connectivity index (χ1v) is 8.14. The summed E-state index contributed by atoms with van der Waals surface area (Å²) >= 11 is 9.37. The lowest BCUT2D eigenvalue weighted by Crippen LogP contribution is -2.30. The van der Waals surface area contributed by atoms with Crippen LogP contribution in [0.2, 0.25) is 5.02 Å². The standard InChI is InChI=1S/C15H18BrClN4O/c1-10-14(16)11(2)21(20-10)8-4-7-18-15(22)19-13-6-3-5-12(17)9-13/h3,5-6,9H,4,7-8H2,1-2H3,(H2,18,19,22). The smallest absolute Gasteiger partial charge is 0.319 e. The maximum absolute atomic E-state index is 11.8. The fourth-order valence-corrected chi connectivity index (χ4v) is 2.54. The van der Waals surface area contributed by atoms with E-state index in [1.165, 1.54) is 0 Å². The van der Waals surface area contributed by atoms with Crippen LogP contribution in [0.3, 0.4) is 0 Å². The van der Waals surface area contributed by atoms with Crippen molar-refractivity contribution in [3.05, 3.63) is 45.1 Å². The predicted octanol–water partition coefficient (Wildman–Crippen LogP) is 4.13. The second-order valence-electron chi connectivity index (χ2n) is 4.95. The minimum Gasteiger partial charge on any atom is -0.338 e. The van der Waals surface area contributed by atoms with Crippen LogP contribution in [0.15, 0.2) is 28.7 Å². The SMILES string of the molecule is Cc1nn(CCCNC(=O)Nc2cccc(Cl)c2)c(C)c1Br. The molecule has 0 atom stereocenters. The second-order valence-corrected chi connectivity index (χ2v) is 6.18. The lowest BCUT2D eigenvalue weighted by atomic mass is 10.3. The van der Waals surface area contributed by atoms with Crippen molar-refractivity contribution in [2.75, 3.05) is 11.9 Å². The fourth-order valence-electron chi connectivity index (χ4n) is 2.07. The maximum atomic E-state index is 11.8. The Morgan fingerprint density at radius 2 is 2.18 bits per heavy atom. The molecule has 0 fully saturated rings. The molecule has 2 rings (SSSR count). The number of urea groups is 1. The summed E-state index contributed by atoms with van der Waals surface area (Å²) in [5.41, 5.74) is 2.75. The lowest BCUT2D eigenvalue weighted by Gasteiger charge is -2.08. The molecule has 0 aliphatic rings. The third kappa shape index (κ3) is 4.48. The average Bonchev–Trinajstić information content (AvgIpc) is 2.71. The van der Waals surface area contributed by atoms with Crippen LogP contribution in [0.4, 0.5) is 10.5 Å². The van der Waals surface area contributed by atoms with E-state index in [9.17, 15) is 4.79 Å². The Morgan fingerprint density at radius 1 is 1.41 bits per heavy atom. The van der Waals surface area contributed by atoms with Gasteiger partial charge in [-0.3, -0.25) is 4.68 Å². The third-order valence-electron chi connectivity index (χ3n) is 3.21. The van der Waals surface area contributed by atoms with Crippen molar-refractivity contribution < 1.29 is 4.79 Å². The molecule has 1 heterocycles. The largest absolute Gasteiger partial charge is 0.338 e. The van der Waals surface area contributed by atoms with Gasteiger partial charge in [0, 0.05) is 29.5 Å². The Hall–Kier alpha value is -1.53. The number of halogens is 2. The van der Waals surface area contributed by atoms with Crippen LogP contribution in [-0.2, 0) is 6.54 Å². The number of nitrogens with one attached hydrogen (secondary N) is 2. The molecule has 0 spiro atoms. The van der Waals surface area contributed by atoms with Gasteiger partial charge in [0.25, 0.3) is 0 Å². The van der Waals surface area contributed by atoms with E-state index in [1.807, 2.05) is 18.5 Å². The van der Waals surface area contributed by atoms with Crippen LogP contribution < -0.4 is 10.6 Å². The van der Waals surface area contributed by atoms with E-state index in [2.05, 4.69) is 31.7 Å². The molecule has 2 aromatic rings. The molecule has 0 aliphatic carbocycles. The summed E-state index contributed by atoms with van der Waals surface area (Å²) in [6.07, 6.45) is 0.803. The zero-order valence-corrected chi connectivity index (χ0v) is 14.8. The molecule has 0 radical (unpaired) electrons. The number of benzene rings is 1. The number of aromatic nitrogens is 2. The summed E-state index contributed by atoms with van der Waals surface area (Å²) in [6.45, 7) is 5.31. The van der Waals surface area contributed by atoms with Gasteiger partial charge in [0.1, 0.15) is 0 Å². The van der Waals surface area contributed by atoms with Crippen LogP contribution in [0.25, 0.3) is 0 Å². The minimum absolute atomic E-state index is 0.239. The van der Waals surface area contributed by atoms with Crippen molar-refractivity contribution in [1.29, 1.82) is 0 Å². The molecule has 0 unspecified atom stereocenters. The summed E-state index contributed by atoms with van der Waals surface area (Å²) in [4.78, 5) is 11.8. The third-order valence-corrected chi connectivity index (χ3v) is 4.59. The Labute approximate surface area is 143 Å². The van der Waals surface area contributed by atoms with E-state index >= 15 is 0 Å². The molecule has 22 heavy (non-hydrogen) atoms. The van der Waals surface area contributed by atoms with Crippen molar-refractivity contribution in [2.45, 2.75) is 26.8 Å². The molecule has 1 aromatic carbocycles. The molecule has 5 nitrogen and oxygen atoms in total. The highest BCUT2D eigenvalue weighted by atomic mass is 79.9. The van der Waals surface area contributed by atoms with Crippen molar-refractivity contribution in [3.8, 4) is 0 Å². The highest BCUT2D eigenvalue weighted by molar-refractivity contribution is 9.10. The van der Waals surface area contributed by atoms with Crippen molar-refractivity contribution in [3.63, 3.8) is 0 Å². The van der Waals surface area contributed by atoms with Crippen LogP contribution >= 0.6 is 27.5 Å². The number of nitrogens with zero attached hydrogens (tertiary/aromatic N) is 2. The molecule has 0 bridgehead atoms. The molecule has 0 saturated heterocycles. The van der Waals surface area contributed by atoms with Crippen LogP contribution in [0.1, 0.15) is 17.8 Å². The van der Waals surface area contributed by atoms with Crippen molar-refractivity contribution >= 4 is 39.2 Å². The van der Waals surface area contributed by atoms with Crippen LogP contribution in [-0.4, -0.2) is 22.4 Å². The van der Waals surface area contributed by atoms with Gasteiger partial charge in [-0.1, -0.05) is 17.7 Å². The zero-order valence-electron chi connectivity index (χ0n) is 12.5. The lowest BCUT2D eigenvalue weighted by molar-refractivity contribution is 0.251.